The molecule has 2 fully saturated rings. The van der Waals surface area contributed by atoms with E-state index >= 15 is 0 Å². The number of rotatable bonds is 6. The highest BCUT2D eigenvalue weighted by Gasteiger charge is 2.47. The highest BCUT2D eigenvalue weighted by atomic mass is 19.2. The number of methoxy groups -OCH3 is 1. The van der Waals surface area contributed by atoms with Crippen LogP contribution in [-0.4, -0.2) is 68.0 Å². The lowest BCUT2D eigenvalue weighted by molar-refractivity contribution is 0.0473. The number of hydrogen-bond donors (Lipinski definition) is 1. The van der Waals surface area contributed by atoms with Crippen LogP contribution < -0.4 is 0 Å². The van der Waals surface area contributed by atoms with Gasteiger partial charge in [0, 0.05) is 57.4 Å². The summed E-state index contributed by atoms with van der Waals surface area (Å²) in [6.45, 7) is 5.30. The van der Waals surface area contributed by atoms with E-state index in [1.165, 1.54) is 0 Å². The van der Waals surface area contributed by atoms with Crippen molar-refractivity contribution in [3.05, 3.63) is 35.1 Å². The Morgan fingerprint density at radius 2 is 1.81 bits per heavy atom. The Hall–Kier alpha value is -1.15. The van der Waals surface area contributed by atoms with Gasteiger partial charge < -0.3 is 14.7 Å². The van der Waals surface area contributed by atoms with Crippen LogP contribution in [0.5, 0.6) is 0 Å². The summed E-state index contributed by atoms with van der Waals surface area (Å²) >= 11 is 0. The average molecular weight is 372 g/mol. The van der Waals surface area contributed by atoms with Crippen LogP contribution in [0.4, 0.5) is 13.2 Å². The molecule has 0 saturated carbocycles. The van der Waals surface area contributed by atoms with Gasteiger partial charge in [0.05, 0.1) is 6.61 Å². The maximum atomic E-state index is 13.9. The van der Waals surface area contributed by atoms with Crippen molar-refractivity contribution in [2.45, 2.75) is 19.4 Å². The first kappa shape index (κ1) is 19.6. The lowest BCUT2D eigenvalue weighted by atomic mass is 9.71. The van der Waals surface area contributed by atoms with Crippen LogP contribution in [0.15, 0.2) is 12.1 Å². The van der Waals surface area contributed by atoms with Crippen LogP contribution in [0.1, 0.15) is 18.4 Å². The Balaban J connectivity index is 1.61. The molecule has 1 atom stereocenters. The van der Waals surface area contributed by atoms with Crippen LogP contribution in [0, 0.1) is 28.8 Å². The van der Waals surface area contributed by atoms with E-state index in [4.69, 9.17) is 4.74 Å². The van der Waals surface area contributed by atoms with E-state index in [-0.39, 0.29) is 30.0 Å². The smallest absolute Gasteiger partial charge is 0.161 e. The molecule has 1 spiro atoms. The van der Waals surface area contributed by atoms with Crippen molar-refractivity contribution in [2.24, 2.45) is 11.3 Å². The minimum absolute atomic E-state index is 0.0750. The predicted molar refractivity (Wildman–Crippen MR) is 92.2 cm³/mol. The third-order valence-electron chi connectivity index (χ3n) is 6.05. The molecule has 0 aliphatic carbocycles. The number of nitrogens with zero attached hydrogens (tertiary/aromatic N) is 2. The molecule has 0 aromatic heterocycles. The minimum Gasteiger partial charge on any atom is -0.396 e. The van der Waals surface area contributed by atoms with Crippen molar-refractivity contribution in [2.75, 3.05) is 53.0 Å². The van der Waals surface area contributed by atoms with Gasteiger partial charge in [-0.2, -0.15) is 0 Å². The van der Waals surface area contributed by atoms with Gasteiger partial charge in [0.1, 0.15) is 5.82 Å². The van der Waals surface area contributed by atoms with Crippen molar-refractivity contribution in [1.82, 2.24) is 9.80 Å². The molecule has 1 aromatic carbocycles. The fourth-order valence-electron chi connectivity index (χ4n) is 4.44. The second-order valence-electron chi connectivity index (χ2n) is 7.60. The van der Waals surface area contributed by atoms with Gasteiger partial charge in [-0.25, -0.2) is 13.2 Å². The molecule has 146 valence electrons. The number of piperidine rings is 1. The van der Waals surface area contributed by atoms with Gasteiger partial charge in [0.2, 0.25) is 0 Å². The van der Waals surface area contributed by atoms with E-state index in [0.29, 0.717) is 12.7 Å². The third kappa shape index (κ3) is 4.06. The lowest BCUT2D eigenvalue weighted by Gasteiger charge is -2.42. The third-order valence-corrected chi connectivity index (χ3v) is 6.05. The van der Waals surface area contributed by atoms with Crippen LogP contribution >= 0.6 is 0 Å². The SMILES string of the molecule is COCCN1CC(CO)C2(CCN(Cc3cc(F)c(F)cc3F)CC2)C1. The normalized spacial score (nSPS) is 23.8. The molecule has 1 N–H and O–H groups in total. The van der Waals surface area contributed by atoms with Crippen molar-refractivity contribution in [3.63, 3.8) is 0 Å². The fraction of sp³-hybridized carbons (Fsp3) is 0.684. The summed E-state index contributed by atoms with van der Waals surface area (Å²) < 4.78 is 45.5. The molecule has 7 heteroatoms. The maximum absolute atomic E-state index is 13.9. The molecule has 0 amide bonds. The minimum atomic E-state index is -1.16. The highest BCUT2D eigenvalue weighted by molar-refractivity contribution is 5.20. The average Bonchev–Trinajstić information content (AvgIpc) is 2.97. The standard InChI is InChI=1S/C19H27F3N2O2/c1-26-7-6-24-11-15(12-25)19(13-24)2-4-23(5-3-19)10-14-8-17(21)18(22)9-16(14)20/h8-9,15,25H,2-7,10-13H2,1H3. The van der Waals surface area contributed by atoms with Crippen LogP contribution in [-0.2, 0) is 11.3 Å². The summed E-state index contributed by atoms with van der Waals surface area (Å²) in [6.07, 6.45) is 1.82. The summed E-state index contributed by atoms with van der Waals surface area (Å²) in [6, 6.07) is 1.57. The van der Waals surface area contributed by atoms with Crippen LogP contribution in [0.25, 0.3) is 0 Å². The van der Waals surface area contributed by atoms with Gasteiger partial charge in [0.15, 0.2) is 11.6 Å². The number of ether oxygens (including phenoxy) is 1. The molecule has 0 radical (unpaired) electrons. The lowest BCUT2D eigenvalue weighted by Crippen LogP contribution is -2.45. The van der Waals surface area contributed by atoms with E-state index < -0.39 is 17.5 Å². The van der Waals surface area contributed by atoms with E-state index in [0.717, 1.165) is 51.6 Å². The van der Waals surface area contributed by atoms with Gasteiger partial charge >= 0.3 is 0 Å². The monoisotopic (exact) mass is 372 g/mol. The zero-order valence-corrected chi connectivity index (χ0v) is 15.2. The molecule has 2 aliphatic rings. The number of hydrogen-bond acceptors (Lipinski definition) is 4. The van der Waals surface area contributed by atoms with E-state index in [1.807, 2.05) is 0 Å². The van der Waals surface area contributed by atoms with Gasteiger partial charge in [-0.3, -0.25) is 4.90 Å². The first-order valence-electron chi connectivity index (χ1n) is 9.15. The molecular weight excluding hydrogens is 345 g/mol. The van der Waals surface area contributed by atoms with Crippen molar-refractivity contribution in [1.29, 1.82) is 0 Å². The number of halogens is 3. The summed E-state index contributed by atoms with van der Waals surface area (Å²) in [7, 11) is 1.69. The molecule has 3 rings (SSSR count). The van der Waals surface area contributed by atoms with Crippen LogP contribution in [0.3, 0.4) is 0 Å². The molecule has 2 heterocycles. The predicted octanol–water partition coefficient (Wildman–Crippen LogP) is 2.26. The van der Waals surface area contributed by atoms with E-state index in [9.17, 15) is 18.3 Å². The maximum Gasteiger partial charge on any atom is 0.161 e. The van der Waals surface area contributed by atoms with Crippen molar-refractivity contribution >= 4 is 0 Å². The summed E-state index contributed by atoms with van der Waals surface area (Å²) in [5, 5.41) is 9.82. The topological polar surface area (TPSA) is 35.9 Å². The Morgan fingerprint density at radius 1 is 1.12 bits per heavy atom. The molecule has 2 saturated heterocycles. The Kier molecular flexibility index (Phi) is 6.22. The quantitative estimate of drug-likeness (QED) is 0.777. The summed E-state index contributed by atoms with van der Waals surface area (Å²) in [5.74, 6) is -2.64. The van der Waals surface area contributed by atoms with Crippen LogP contribution in [0.2, 0.25) is 0 Å². The zero-order valence-electron chi connectivity index (χ0n) is 15.2. The van der Waals surface area contributed by atoms with E-state index in [1.54, 1.807) is 7.11 Å². The van der Waals surface area contributed by atoms with Gasteiger partial charge in [0.25, 0.3) is 0 Å². The Morgan fingerprint density at radius 3 is 2.46 bits per heavy atom. The van der Waals surface area contributed by atoms with Crippen molar-refractivity contribution < 1.29 is 23.0 Å². The van der Waals surface area contributed by atoms with Gasteiger partial charge in [-0.1, -0.05) is 0 Å². The highest BCUT2D eigenvalue weighted by Crippen LogP contribution is 2.44. The number of aliphatic hydroxyl groups is 1. The first-order valence-corrected chi connectivity index (χ1v) is 9.15. The van der Waals surface area contributed by atoms with E-state index in [2.05, 4.69) is 9.80 Å². The molecule has 26 heavy (non-hydrogen) atoms. The van der Waals surface area contributed by atoms with Crippen molar-refractivity contribution in [3.8, 4) is 0 Å². The second-order valence-corrected chi connectivity index (χ2v) is 7.60. The number of likely N-dealkylation sites (tertiary alicyclic amines) is 2. The zero-order chi connectivity index (χ0) is 18.7. The molecule has 0 bridgehead atoms. The molecular formula is C19H27F3N2O2. The Bertz CT molecular complexity index is 621. The Labute approximate surface area is 152 Å². The molecule has 4 nitrogen and oxygen atoms in total. The summed E-state index contributed by atoms with van der Waals surface area (Å²) in [5.41, 5.74) is 0.262. The first-order chi connectivity index (χ1) is 12.5. The molecule has 1 aromatic rings. The summed E-state index contributed by atoms with van der Waals surface area (Å²) in [4.78, 5) is 4.42. The largest absolute Gasteiger partial charge is 0.396 e. The molecule has 1 unspecified atom stereocenters. The van der Waals surface area contributed by atoms with Gasteiger partial charge in [-0.05, 0) is 37.4 Å². The number of benzene rings is 1. The fourth-order valence-corrected chi connectivity index (χ4v) is 4.44. The van der Waals surface area contributed by atoms with Gasteiger partial charge in [-0.15, -0.1) is 0 Å². The number of aliphatic hydroxyl groups excluding tert-OH is 1. The molecule has 2 aliphatic heterocycles. The second kappa shape index (κ2) is 8.25.